The third-order valence-corrected chi connectivity index (χ3v) is 2.83. The van der Waals surface area contributed by atoms with Crippen LogP contribution in [-0.2, 0) is 17.5 Å². The number of nitrogens with two attached hydrogens (primary N) is 1. The molecule has 1 rings (SSSR count). The summed E-state index contributed by atoms with van der Waals surface area (Å²) < 4.78 is 12.8. The molecule has 2 N–H and O–H groups in total. The van der Waals surface area contributed by atoms with Gasteiger partial charge in [-0.1, -0.05) is 12.1 Å². The maximum absolute atomic E-state index is 11.0. The molecular formula is C9H14N2OS. The van der Waals surface area contributed by atoms with Crippen molar-refractivity contribution >= 4 is 16.7 Å². The minimum Gasteiger partial charge on any atom is -0.399 e. The first kappa shape index (κ1) is 10.2. The van der Waals surface area contributed by atoms with E-state index in [4.69, 9.17) is 5.73 Å². The summed E-state index contributed by atoms with van der Waals surface area (Å²) in [7, 11) is 0.912. The lowest BCUT2D eigenvalue weighted by atomic mass is 10.2. The Morgan fingerprint density at radius 3 is 2.38 bits per heavy atom. The molecule has 0 spiro atoms. The molecule has 1 aromatic carbocycles. The van der Waals surface area contributed by atoms with Gasteiger partial charge in [0, 0.05) is 25.5 Å². The van der Waals surface area contributed by atoms with Crippen LogP contribution in [0.15, 0.2) is 24.3 Å². The number of nitrogens with zero attached hydrogens (tertiary/aromatic N) is 1. The van der Waals surface area contributed by atoms with Gasteiger partial charge in [-0.25, -0.2) is 8.51 Å². The molecule has 13 heavy (non-hydrogen) atoms. The van der Waals surface area contributed by atoms with Crippen LogP contribution >= 0.6 is 0 Å². The zero-order chi connectivity index (χ0) is 9.84. The van der Waals surface area contributed by atoms with Crippen molar-refractivity contribution in [2.45, 2.75) is 6.54 Å². The molecule has 0 fully saturated rings. The maximum atomic E-state index is 11.0. The molecule has 0 aromatic heterocycles. The van der Waals surface area contributed by atoms with Crippen LogP contribution in [0.3, 0.4) is 0 Å². The van der Waals surface area contributed by atoms with E-state index in [0.717, 1.165) is 11.3 Å². The summed E-state index contributed by atoms with van der Waals surface area (Å²) >= 11 is 0. The minimum absolute atomic E-state index is 0.684. The van der Waals surface area contributed by atoms with E-state index < -0.39 is 11.0 Å². The summed E-state index contributed by atoms with van der Waals surface area (Å²) in [6.45, 7) is 0.684. The lowest BCUT2D eigenvalue weighted by Crippen LogP contribution is -2.19. The first-order chi connectivity index (χ1) is 6.09. The Hall–Kier alpha value is -0.870. The lowest BCUT2D eigenvalue weighted by Gasteiger charge is -2.12. The fourth-order valence-electron chi connectivity index (χ4n) is 0.971. The van der Waals surface area contributed by atoms with Crippen LogP contribution in [0, 0.1) is 0 Å². The third-order valence-electron chi connectivity index (χ3n) is 1.82. The number of benzene rings is 1. The average molecular weight is 198 g/mol. The first-order valence-corrected chi connectivity index (χ1v) is 5.50. The molecule has 1 atom stereocenters. The second-order valence-corrected chi connectivity index (χ2v) is 4.42. The van der Waals surface area contributed by atoms with Gasteiger partial charge in [0.25, 0.3) is 0 Å². The van der Waals surface area contributed by atoms with Gasteiger partial charge in [-0.2, -0.15) is 0 Å². The molecule has 72 valence electrons. The predicted octanol–water partition coefficient (Wildman–Crippen LogP) is 0.994. The molecule has 0 saturated carbocycles. The van der Waals surface area contributed by atoms with Gasteiger partial charge in [0.15, 0.2) is 0 Å². The van der Waals surface area contributed by atoms with E-state index in [2.05, 4.69) is 0 Å². The van der Waals surface area contributed by atoms with Crippen LogP contribution in [0.1, 0.15) is 5.56 Å². The highest BCUT2D eigenvalue weighted by Crippen LogP contribution is 2.07. The third kappa shape index (κ3) is 3.16. The zero-order valence-corrected chi connectivity index (χ0v) is 8.67. The van der Waals surface area contributed by atoms with E-state index in [0.29, 0.717) is 6.54 Å². The number of rotatable bonds is 3. The monoisotopic (exact) mass is 198 g/mol. The number of hydrogen-bond acceptors (Lipinski definition) is 2. The van der Waals surface area contributed by atoms with Crippen molar-refractivity contribution in [1.29, 1.82) is 0 Å². The van der Waals surface area contributed by atoms with Crippen molar-refractivity contribution in [3.05, 3.63) is 29.8 Å². The second kappa shape index (κ2) is 4.39. The van der Waals surface area contributed by atoms with Crippen molar-refractivity contribution in [2.24, 2.45) is 0 Å². The van der Waals surface area contributed by atoms with Crippen molar-refractivity contribution in [3.8, 4) is 0 Å². The number of hydrogen-bond donors (Lipinski definition) is 1. The van der Waals surface area contributed by atoms with Gasteiger partial charge >= 0.3 is 0 Å². The second-order valence-electron chi connectivity index (χ2n) is 2.95. The average Bonchev–Trinajstić information content (AvgIpc) is 2.08. The SMILES string of the molecule is CN(Cc1ccc(N)cc1)S(C)=O. The summed E-state index contributed by atoms with van der Waals surface area (Å²) in [5.74, 6) is 0. The van der Waals surface area contributed by atoms with Gasteiger partial charge in [-0.05, 0) is 17.7 Å². The Morgan fingerprint density at radius 1 is 1.38 bits per heavy atom. The summed E-state index contributed by atoms with van der Waals surface area (Å²) in [5.41, 5.74) is 7.41. The quantitative estimate of drug-likeness (QED) is 0.736. The van der Waals surface area contributed by atoms with Crippen LogP contribution in [0.4, 0.5) is 5.69 Å². The van der Waals surface area contributed by atoms with Crippen LogP contribution < -0.4 is 5.73 Å². The van der Waals surface area contributed by atoms with Gasteiger partial charge in [0.2, 0.25) is 0 Å². The summed E-state index contributed by atoms with van der Waals surface area (Å²) in [6, 6.07) is 7.58. The molecule has 3 nitrogen and oxygen atoms in total. The van der Waals surface area contributed by atoms with Crippen molar-refractivity contribution in [3.63, 3.8) is 0 Å². The van der Waals surface area contributed by atoms with Crippen molar-refractivity contribution in [2.75, 3.05) is 19.0 Å². The van der Waals surface area contributed by atoms with Crippen LogP contribution in [0.5, 0.6) is 0 Å². The van der Waals surface area contributed by atoms with Crippen molar-refractivity contribution < 1.29 is 4.21 Å². The Bertz CT molecular complexity index is 297. The van der Waals surface area contributed by atoms with Crippen LogP contribution in [0.2, 0.25) is 0 Å². The lowest BCUT2D eigenvalue weighted by molar-refractivity contribution is 0.524. The molecule has 1 aromatic rings. The molecule has 0 aliphatic carbocycles. The smallest absolute Gasteiger partial charge is 0.0911 e. The predicted molar refractivity (Wildman–Crippen MR) is 56.4 cm³/mol. The first-order valence-electron chi connectivity index (χ1n) is 3.98. The largest absolute Gasteiger partial charge is 0.399 e. The number of anilines is 1. The van der Waals surface area contributed by atoms with E-state index in [9.17, 15) is 4.21 Å². The topological polar surface area (TPSA) is 46.3 Å². The van der Waals surface area contributed by atoms with Gasteiger partial charge < -0.3 is 5.73 Å². The standard InChI is InChI=1S/C9H14N2OS/c1-11(13(2)12)7-8-3-5-9(10)6-4-8/h3-6H,7,10H2,1-2H3. The fourth-order valence-corrected chi connectivity index (χ4v) is 1.30. The zero-order valence-electron chi connectivity index (χ0n) is 7.86. The van der Waals surface area contributed by atoms with Crippen LogP contribution in [-0.4, -0.2) is 21.8 Å². The molecule has 4 heteroatoms. The van der Waals surface area contributed by atoms with E-state index >= 15 is 0 Å². The van der Waals surface area contributed by atoms with Gasteiger partial charge in [-0.15, -0.1) is 0 Å². The van der Waals surface area contributed by atoms with E-state index in [1.807, 2.05) is 31.3 Å². The molecule has 0 saturated heterocycles. The molecule has 0 aliphatic rings. The van der Waals surface area contributed by atoms with Crippen LogP contribution in [0.25, 0.3) is 0 Å². The Kier molecular flexibility index (Phi) is 3.45. The van der Waals surface area contributed by atoms with Gasteiger partial charge in [-0.3, -0.25) is 0 Å². The molecule has 0 heterocycles. The van der Waals surface area contributed by atoms with E-state index in [-0.39, 0.29) is 0 Å². The highest BCUT2D eigenvalue weighted by Gasteiger charge is 2.02. The molecule has 0 amide bonds. The molecule has 1 unspecified atom stereocenters. The minimum atomic E-state index is -0.914. The van der Waals surface area contributed by atoms with Gasteiger partial charge in [0.05, 0.1) is 11.0 Å². The van der Waals surface area contributed by atoms with Crippen molar-refractivity contribution in [1.82, 2.24) is 4.31 Å². The highest BCUT2D eigenvalue weighted by atomic mass is 32.2. The molecule has 0 bridgehead atoms. The van der Waals surface area contributed by atoms with E-state index in [1.165, 1.54) is 0 Å². The maximum Gasteiger partial charge on any atom is 0.0911 e. The summed E-state index contributed by atoms with van der Waals surface area (Å²) in [6.07, 6.45) is 1.66. The van der Waals surface area contributed by atoms with E-state index in [1.54, 1.807) is 10.6 Å². The molecule has 0 radical (unpaired) electrons. The number of nitrogen functional groups attached to an aromatic ring is 1. The highest BCUT2D eigenvalue weighted by molar-refractivity contribution is 7.81. The normalized spacial score (nSPS) is 13.2. The molecular weight excluding hydrogens is 184 g/mol. The summed E-state index contributed by atoms with van der Waals surface area (Å²) in [4.78, 5) is 0. The summed E-state index contributed by atoms with van der Waals surface area (Å²) in [5, 5.41) is 0. The Morgan fingerprint density at radius 2 is 1.92 bits per heavy atom. The molecule has 0 aliphatic heterocycles. The Labute approximate surface area is 81.1 Å². The van der Waals surface area contributed by atoms with Gasteiger partial charge in [0.1, 0.15) is 0 Å². The Balaban J connectivity index is 2.64. The fraction of sp³-hybridized carbons (Fsp3) is 0.333.